The molecule has 0 saturated heterocycles. The number of aliphatic carboxylic acids is 1. The maximum atomic E-state index is 14.5. The zero-order valence-electron chi connectivity index (χ0n) is 57.3. The number of rotatable bonds is 50. The molecule has 0 heterocycles. The Morgan fingerprint density at radius 1 is 0.459 bits per heavy atom. The largest absolute Gasteiger partial charge is 0.508 e. The third kappa shape index (κ3) is 35.6. The van der Waals surface area contributed by atoms with Crippen LogP contribution in [0.25, 0.3) is 0 Å². The normalized spacial score (nSPS) is 14.8. The first-order chi connectivity index (χ1) is 46.2. The number of phenols is 1. The Balaban J connectivity index is 3.64. The summed E-state index contributed by atoms with van der Waals surface area (Å²) in [5.41, 5.74) is 39.4. The van der Waals surface area contributed by atoms with E-state index in [1.807, 2.05) is 13.8 Å². The Morgan fingerprint density at radius 2 is 0.837 bits per heavy atom. The van der Waals surface area contributed by atoms with Crippen molar-refractivity contribution >= 4 is 94.6 Å². The smallest absolute Gasteiger partial charge is 0.305 e. The fourth-order valence-corrected chi connectivity index (χ4v) is 10.2. The van der Waals surface area contributed by atoms with E-state index in [1.54, 1.807) is 27.0 Å². The van der Waals surface area contributed by atoms with Gasteiger partial charge in [0.05, 0.1) is 19.1 Å². The van der Waals surface area contributed by atoms with E-state index in [1.165, 1.54) is 36.0 Å². The Morgan fingerprint density at radius 3 is 1.28 bits per heavy atom. The number of hydrogen-bond donors (Lipinski definition) is 21. The number of nitrogens with zero attached hydrogens (tertiary/aromatic N) is 2. The van der Waals surface area contributed by atoms with E-state index in [0.717, 1.165) is 6.92 Å². The Kier molecular flexibility index (Phi) is 42.2. The second-order valence-corrected chi connectivity index (χ2v) is 25.7. The van der Waals surface area contributed by atoms with E-state index >= 15 is 0 Å². The summed E-state index contributed by atoms with van der Waals surface area (Å²) in [5.74, 6) is -13.2. The first kappa shape index (κ1) is 87.4. The number of aliphatic imine (C=N–C) groups is 2. The second-order valence-electron chi connectivity index (χ2n) is 24.7. The van der Waals surface area contributed by atoms with Crippen LogP contribution in [0, 0.1) is 17.8 Å². The van der Waals surface area contributed by atoms with E-state index in [4.69, 9.17) is 40.1 Å². The van der Waals surface area contributed by atoms with Crippen LogP contribution in [-0.4, -0.2) is 215 Å². The number of carboxylic acids is 1. The molecular weight excluding hydrogens is 1300 g/mol. The molecule has 0 aliphatic heterocycles. The standard InChI is InChI=1S/C62H109N19O16S/c1-33(2)28-43(50(65)87)76-52(89)40(16-12-25-70-61(66)67)74-57(94)45(30-37-18-20-38(84)21-19-37)78-53(90)39(15-9-11-24-64)72-58(95)46(31-48(85)86)79-60(97)49(36(6)83)81-55(92)42(22-27-98-7)75-59(96)47(32-82)80-54(91)41(17-13-26-71-62(68)69)73-56(93)44(29-34(3)4)77-51(88)35(5)14-8-10-23-63/h18-21,33-36,39-47,49,82-84H,8-17,22-32,63-64H2,1-7H3,(H2,65,87)(H,72,95)(H,73,93)(H,74,94)(H,75,96)(H,76,89)(H,77,88)(H,78,90)(H,79,97)(H,80,91)(H,81,92)(H,85,86)(H4,66,67,70)(H4,68,69,71)/t35-,36+,39-,40-,41-,42-,43-,44-,45-,46-,47-,49-/m0/s1. The number of amides is 11. The zero-order chi connectivity index (χ0) is 74.2. The van der Waals surface area contributed by atoms with Crippen LogP contribution >= 0.6 is 11.8 Å². The molecule has 0 aliphatic rings. The highest BCUT2D eigenvalue weighted by molar-refractivity contribution is 7.98. The molecule has 12 atom stereocenters. The molecule has 0 radical (unpaired) electrons. The summed E-state index contributed by atoms with van der Waals surface area (Å²) in [6, 6.07) is -9.92. The number of nitrogens with one attached hydrogen (secondary N) is 10. The van der Waals surface area contributed by atoms with Gasteiger partial charge < -0.3 is 114 Å². The molecule has 35 nitrogen and oxygen atoms in total. The number of phenolic OH excluding ortho intramolecular Hbond substituents is 1. The van der Waals surface area contributed by atoms with Gasteiger partial charge >= 0.3 is 5.97 Å². The minimum atomic E-state index is -2.03. The highest BCUT2D eigenvalue weighted by Gasteiger charge is 2.38. The van der Waals surface area contributed by atoms with Gasteiger partial charge in [-0.25, -0.2) is 0 Å². The Bertz CT molecular complexity index is 2790. The van der Waals surface area contributed by atoms with Crippen LogP contribution in [0.5, 0.6) is 5.75 Å². The minimum absolute atomic E-state index is 0.0214. The number of primary amides is 1. The number of carbonyl (C=O) groups excluding carboxylic acids is 11. The minimum Gasteiger partial charge on any atom is -0.508 e. The molecule has 1 rings (SSSR count). The lowest BCUT2D eigenvalue weighted by Gasteiger charge is -2.29. The highest BCUT2D eigenvalue weighted by Crippen LogP contribution is 2.16. The van der Waals surface area contributed by atoms with Crippen LogP contribution in [-0.2, 0) is 64.0 Å². The number of thioether (sulfide) groups is 1. The van der Waals surface area contributed by atoms with Crippen molar-refractivity contribution in [3.8, 4) is 5.75 Å². The summed E-state index contributed by atoms with van der Waals surface area (Å²) in [6.45, 7) is 9.63. The molecular formula is C62H109N19O16S. The lowest BCUT2D eigenvalue weighted by Crippen LogP contribution is -2.62. The van der Waals surface area contributed by atoms with E-state index in [0.29, 0.717) is 37.8 Å². The average Bonchev–Trinajstić information content (AvgIpc) is 0.992. The number of guanidine groups is 2. The predicted molar refractivity (Wildman–Crippen MR) is 368 cm³/mol. The van der Waals surface area contributed by atoms with Crippen LogP contribution in [0.2, 0.25) is 0 Å². The molecule has 0 aliphatic carbocycles. The summed E-state index contributed by atoms with van der Waals surface area (Å²) < 4.78 is 0. The molecule has 0 unspecified atom stereocenters. The Hall–Kier alpha value is -8.61. The van der Waals surface area contributed by atoms with Crippen molar-refractivity contribution in [2.24, 2.45) is 67.9 Å². The maximum Gasteiger partial charge on any atom is 0.305 e. The van der Waals surface area contributed by atoms with Gasteiger partial charge in [-0.05, 0) is 139 Å². The molecule has 0 bridgehead atoms. The number of nitrogens with two attached hydrogens (primary N) is 7. The number of carbonyl (C=O) groups is 12. The summed E-state index contributed by atoms with van der Waals surface area (Å²) in [6.07, 6.45) is 0.909. The van der Waals surface area contributed by atoms with Gasteiger partial charge in [0.15, 0.2) is 11.9 Å². The molecule has 1 aromatic carbocycles. The topological polar surface area (TPSA) is 613 Å². The van der Waals surface area contributed by atoms with Crippen molar-refractivity contribution in [2.45, 2.75) is 204 Å². The van der Waals surface area contributed by atoms with Gasteiger partial charge in [-0.15, -0.1) is 0 Å². The monoisotopic (exact) mass is 1410 g/mol. The van der Waals surface area contributed by atoms with Gasteiger partial charge in [0.25, 0.3) is 0 Å². The summed E-state index contributed by atoms with van der Waals surface area (Å²) in [4.78, 5) is 173. The number of benzene rings is 1. The third-order valence-corrected chi connectivity index (χ3v) is 15.8. The van der Waals surface area contributed by atoms with Crippen molar-refractivity contribution < 1.29 is 78.0 Å². The lowest BCUT2D eigenvalue weighted by atomic mass is 9.99. The SMILES string of the molecule is CSCC[C@H](NC(=O)[C@H](CO)NC(=O)[C@H](CCCN=C(N)N)NC(=O)[C@H](CC(C)C)NC(=O)[C@@H](C)CCCCN)C(=O)N[C@H](C(=O)N[C@@H](CC(=O)O)C(=O)N[C@@H](CCCCN)C(=O)N[C@@H](Cc1ccc(O)cc1)C(=O)N[C@@H](CCCN=C(N)N)C(=O)N[C@@H](CC(C)C)C(N)=O)[C@@H](C)O. The molecule has 554 valence electrons. The molecule has 0 spiro atoms. The van der Waals surface area contributed by atoms with Gasteiger partial charge in [0.1, 0.15) is 66.2 Å². The molecule has 0 aromatic heterocycles. The number of carboxylic acid groups (broad SMARTS) is 1. The van der Waals surface area contributed by atoms with Crippen molar-refractivity contribution in [1.82, 2.24) is 53.2 Å². The van der Waals surface area contributed by atoms with Crippen LogP contribution < -0.4 is 93.3 Å². The summed E-state index contributed by atoms with van der Waals surface area (Å²) in [7, 11) is 0. The van der Waals surface area contributed by atoms with Gasteiger partial charge in [-0.3, -0.25) is 67.5 Å². The first-order valence-electron chi connectivity index (χ1n) is 32.8. The van der Waals surface area contributed by atoms with Crippen LogP contribution in [0.15, 0.2) is 34.3 Å². The number of aromatic hydroxyl groups is 1. The quantitative estimate of drug-likeness (QED) is 0.0165. The van der Waals surface area contributed by atoms with Gasteiger partial charge in [0.2, 0.25) is 65.0 Å². The Labute approximate surface area is 576 Å². The number of hydrogen-bond acceptors (Lipinski definition) is 20. The van der Waals surface area contributed by atoms with E-state index < -0.39 is 156 Å². The van der Waals surface area contributed by atoms with Gasteiger partial charge in [0, 0.05) is 25.4 Å². The van der Waals surface area contributed by atoms with Gasteiger partial charge in [-0.2, -0.15) is 11.8 Å². The maximum absolute atomic E-state index is 14.5. The first-order valence-corrected chi connectivity index (χ1v) is 34.2. The molecule has 0 saturated carbocycles. The number of aliphatic hydroxyl groups excluding tert-OH is 2. The molecule has 11 amide bonds. The van der Waals surface area contributed by atoms with Crippen LogP contribution in [0.4, 0.5) is 0 Å². The van der Waals surface area contributed by atoms with Crippen molar-refractivity contribution in [3.05, 3.63) is 29.8 Å². The van der Waals surface area contributed by atoms with Crippen LogP contribution in [0.3, 0.4) is 0 Å². The average molecular weight is 1410 g/mol. The van der Waals surface area contributed by atoms with Gasteiger partial charge in [-0.1, -0.05) is 53.2 Å². The van der Waals surface area contributed by atoms with Crippen LogP contribution in [0.1, 0.15) is 137 Å². The third-order valence-electron chi connectivity index (χ3n) is 15.1. The molecule has 0 fully saturated rings. The predicted octanol–water partition coefficient (Wildman–Crippen LogP) is -5.04. The van der Waals surface area contributed by atoms with Crippen molar-refractivity contribution in [2.75, 3.05) is 44.8 Å². The number of aliphatic hydroxyl groups is 2. The summed E-state index contributed by atoms with van der Waals surface area (Å²) in [5, 5.41) is 66.5. The highest BCUT2D eigenvalue weighted by atomic mass is 32.2. The van der Waals surface area contributed by atoms with Crippen molar-refractivity contribution in [3.63, 3.8) is 0 Å². The summed E-state index contributed by atoms with van der Waals surface area (Å²) >= 11 is 1.24. The second kappa shape index (κ2) is 47.4. The molecule has 1 aromatic rings. The van der Waals surface area contributed by atoms with E-state index in [-0.39, 0.29) is 119 Å². The molecule has 28 N–H and O–H groups in total. The van der Waals surface area contributed by atoms with Crippen molar-refractivity contribution in [1.29, 1.82) is 0 Å². The zero-order valence-corrected chi connectivity index (χ0v) is 58.1. The number of unbranched alkanes of at least 4 members (excludes halogenated alkanes) is 2. The van der Waals surface area contributed by atoms with E-state index in [9.17, 15) is 78.0 Å². The van der Waals surface area contributed by atoms with E-state index in [2.05, 4.69) is 63.2 Å². The molecule has 98 heavy (non-hydrogen) atoms. The molecule has 36 heteroatoms. The lowest BCUT2D eigenvalue weighted by molar-refractivity contribution is -0.142. The fraction of sp³-hybridized carbons (Fsp3) is 0.677. The fourth-order valence-electron chi connectivity index (χ4n) is 9.75.